The Morgan fingerprint density at radius 1 is 1.43 bits per heavy atom. The lowest BCUT2D eigenvalue weighted by Crippen LogP contribution is -2.35. The molecule has 1 N–H and O–H groups in total. The van der Waals surface area contributed by atoms with E-state index in [0.29, 0.717) is 11.3 Å². The molecule has 0 amide bonds. The number of ether oxygens (including phenoxy) is 2. The van der Waals surface area contributed by atoms with Crippen LogP contribution < -0.4 is 10.1 Å². The minimum atomic E-state index is -4.75. The lowest BCUT2D eigenvalue weighted by molar-refractivity contribution is -0.274. The second kappa shape index (κ2) is 6.57. The second-order valence-corrected chi connectivity index (χ2v) is 5.41. The van der Waals surface area contributed by atoms with Crippen LogP contribution in [-0.4, -0.2) is 30.7 Å². The Bertz CT molecular complexity index is 510. The fraction of sp³-hybridized carbons (Fsp3) is 0.462. The molecule has 0 bridgehead atoms. The van der Waals surface area contributed by atoms with E-state index >= 15 is 0 Å². The van der Waals surface area contributed by atoms with Crippen molar-refractivity contribution in [2.75, 3.05) is 12.4 Å². The topological polar surface area (TPSA) is 47.6 Å². The molecule has 21 heavy (non-hydrogen) atoms. The van der Waals surface area contributed by atoms with Crippen molar-refractivity contribution < 1.29 is 27.4 Å². The van der Waals surface area contributed by atoms with Crippen molar-refractivity contribution in [2.45, 2.75) is 24.7 Å². The maximum atomic E-state index is 12.4. The van der Waals surface area contributed by atoms with Crippen molar-refractivity contribution in [3.63, 3.8) is 0 Å². The van der Waals surface area contributed by atoms with E-state index in [1.807, 2.05) is 0 Å². The summed E-state index contributed by atoms with van der Waals surface area (Å²) in [5, 5.41) is 2.51. The average molecular weight is 321 g/mol. The van der Waals surface area contributed by atoms with Gasteiger partial charge >= 0.3 is 12.3 Å². The molecule has 0 aromatic heterocycles. The van der Waals surface area contributed by atoms with Crippen LogP contribution in [0.3, 0.4) is 0 Å². The fourth-order valence-corrected chi connectivity index (χ4v) is 3.20. The van der Waals surface area contributed by atoms with Gasteiger partial charge in [0.15, 0.2) is 0 Å². The van der Waals surface area contributed by atoms with Crippen molar-refractivity contribution in [1.82, 2.24) is 5.32 Å². The number of carbonyl (C=O) groups is 1. The van der Waals surface area contributed by atoms with Gasteiger partial charge in [0, 0.05) is 11.3 Å². The summed E-state index contributed by atoms with van der Waals surface area (Å²) in [5.74, 6) is -0.231. The first-order valence-electron chi connectivity index (χ1n) is 6.29. The molecule has 0 aliphatic carbocycles. The number of carbonyl (C=O) groups excluding carboxylic acids is 1. The summed E-state index contributed by atoms with van der Waals surface area (Å²) in [7, 11) is 0. The standard InChI is InChI=1S/C13H14F3NO3S/c1-2-19-12(18)9-7-21-11(17-9)8-5-3-4-6-10(8)20-13(14,15)16/h3-6,9,11,17H,2,7H2,1H3/t9-,11?/m0/s1. The number of nitrogens with one attached hydrogen (secondary N) is 1. The van der Waals surface area contributed by atoms with E-state index in [9.17, 15) is 18.0 Å². The molecular formula is C13H14F3NO3S. The molecule has 0 saturated carbocycles. The molecule has 1 fully saturated rings. The van der Waals surface area contributed by atoms with Crippen LogP contribution in [0, 0.1) is 0 Å². The number of hydrogen-bond acceptors (Lipinski definition) is 5. The van der Waals surface area contributed by atoms with E-state index in [4.69, 9.17) is 4.74 Å². The highest BCUT2D eigenvalue weighted by atomic mass is 32.2. The molecule has 1 heterocycles. The van der Waals surface area contributed by atoms with Crippen LogP contribution in [0.4, 0.5) is 13.2 Å². The van der Waals surface area contributed by atoms with Crippen molar-refractivity contribution >= 4 is 17.7 Å². The van der Waals surface area contributed by atoms with Crippen LogP contribution in [0.5, 0.6) is 5.75 Å². The highest BCUT2D eigenvalue weighted by molar-refractivity contribution is 7.99. The summed E-state index contributed by atoms with van der Waals surface area (Å²) < 4.78 is 46.1. The van der Waals surface area contributed by atoms with Crippen molar-refractivity contribution in [2.24, 2.45) is 0 Å². The van der Waals surface area contributed by atoms with Gasteiger partial charge < -0.3 is 9.47 Å². The Kier molecular flexibility index (Phi) is 5.00. The Hall–Kier alpha value is -1.41. The lowest BCUT2D eigenvalue weighted by atomic mass is 10.2. The zero-order valence-electron chi connectivity index (χ0n) is 11.1. The first kappa shape index (κ1) is 16.0. The van der Waals surface area contributed by atoms with Crippen molar-refractivity contribution in [3.05, 3.63) is 29.8 Å². The summed E-state index contributed by atoms with van der Waals surface area (Å²) in [6.07, 6.45) is -4.75. The zero-order valence-corrected chi connectivity index (χ0v) is 12.0. The van der Waals surface area contributed by atoms with Crippen LogP contribution in [-0.2, 0) is 9.53 Å². The van der Waals surface area contributed by atoms with E-state index in [-0.39, 0.29) is 12.4 Å². The molecule has 1 aliphatic heterocycles. The Morgan fingerprint density at radius 3 is 2.81 bits per heavy atom. The molecule has 0 radical (unpaired) electrons. The molecule has 8 heteroatoms. The number of thioether (sulfide) groups is 1. The van der Waals surface area contributed by atoms with Crippen LogP contribution in [0.15, 0.2) is 24.3 Å². The van der Waals surface area contributed by atoms with Crippen LogP contribution in [0.25, 0.3) is 0 Å². The number of para-hydroxylation sites is 1. The molecule has 2 rings (SSSR count). The predicted octanol–water partition coefficient (Wildman–Crippen LogP) is 2.85. The third-order valence-electron chi connectivity index (χ3n) is 2.78. The van der Waals surface area contributed by atoms with Crippen LogP contribution in [0.1, 0.15) is 17.9 Å². The Morgan fingerprint density at radius 2 is 2.14 bits per heavy atom. The lowest BCUT2D eigenvalue weighted by Gasteiger charge is -2.17. The van der Waals surface area contributed by atoms with Gasteiger partial charge in [-0.25, -0.2) is 0 Å². The highest BCUT2D eigenvalue weighted by Crippen LogP contribution is 2.39. The van der Waals surface area contributed by atoms with E-state index in [1.54, 1.807) is 19.1 Å². The summed E-state index contributed by atoms with van der Waals surface area (Å²) in [4.78, 5) is 11.6. The molecule has 1 saturated heterocycles. The first-order chi connectivity index (χ1) is 9.90. The zero-order chi connectivity index (χ0) is 15.5. The third-order valence-corrected chi connectivity index (χ3v) is 4.03. The third kappa shape index (κ3) is 4.28. The van der Waals surface area contributed by atoms with Crippen molar-refractivity contribution in [3.8, 4) is 5.75 Å². The van der Waals surface area contributed by atoms with Crippen molar-refractivity contribution in [1.29, 1.82) is 0 Å². The Balaban J connectivity index is 2.11. The fourth-order valence-electron chi connectivity index (χ4n) is 1.94. The second-order valence-electron chi connectivity index (χ2n) is 4.27. The monoisotopic (exact) mass is 321 g/mol. The number of esters is 1. The van der Waals surface area contributed by atoms with E-state index in [1.165, 1.54) is 23.9 Å². The molecule has 1 aromatic rings. The maximum absolute atomic E-state index is 12.4. The van der Waals surface area contributed by atoms with Gasteiger partial charge in [-0.05, 0) is 13.0 Å². The van der Waals surface area contributed by atoms with Gasteiger partial charge in [-0.2, -0.15) is 0 Å². The van der Waals surface area contributed by atoms with E-state index in [2.05, 4.69) is 10.1 Å². The molecule has 2 atom stereocenters. The average Bonchev–Trinajstić information content (AvgIpc) is 2.87. The maximum Gasteiger partial charge on any atom is 0.573 e. The van der Waals surface area contributed by atoms with Gasteiger partial charge in [0.2, 0.25) is 0 Å². The summed E-state index contributed by atoms with van der Waals surface area (Å²) >= 11 is 1.34. The molecular weight excluding hydrogens is 307 g/mol. The molecule has 4 nitrogen and oxygen atoms in total. The van der Waals surface area contributed by atoms with Gasteiger partial charge in [-0.15, -0.1) is 24.9 Å². The van der Waals surface area contributed by atoms with E-state index < -0.39 is 23.7 Å². The minimum absolute atomic E-state index is 0.264. The molecule has 116 valence electrons. The Labute approximate surface area is 124 Å². The van der Waals surface area contributed by atoms with Gasteiger partial charge in [-0.3, -0.25) is 10.1 Å². The first-order valence-corrected chi connectivity index (χ1v) is 7.34. The molecule has 1 aliphatic rings. The number of alkyl halides is 3. The van der Waals surface area contributed by atoms with Gasteiger partial charge in [0.25, 0.3) is 0 Å². The number of rotatable bonds is 4. The molecule has 1 unspecified atom stereocenters. The summed E-state index contributed by atoms with van der Waals surface area (Å²) in [6.45, 7) is 1.96. The van der Waals surface area contributed by atoms with Crippen LogP contribution >= 0.6 is 11.8 Å². The molecule has 1 aromatic carbocycles. The minimum Gasteiger partial charge on any atom is -0.465 e. The normalized spacial score (nSPS) is 22.1. The largest absolute Gasteiger partial charge is 0.573 e. The van der Waals surface area contributed by atoms with Gasteiger partial charge in [0.05, 0.1) is 12.0 Å². The van der Waals surface area contributed by atoms with Crippen LogP contribution in [0.2, 0.25) is 0 Å². The number of hydrogen-bond donors (Lipinski definition) is 1. The van der Waals surface area contributed by atoms with E-state index in [0.717, 1.165) is 0 Å². The smallest absolute Gasteiger partial charge is 0.465 e. The highest BCUT2D eigenvalue weighted by Gasteiger charge is 2.36. The number of benzene rings is 1. The predicted molar refractivity (Wildman–Crippen MR) is 71.9 cm³/mol. The quantitative estimate of drug-likeness (QED) is 0.864. The summed E-state index contributed by atoms with van der Waals surface area (Å²) in [5.41, 5.74) is 0.353. The van der Waals surface area contributed by atoms with Gasteiger partial charge in [-0.1, -0.05) is 18.2 Å². The number of halogens is 3. The SMILES string of the molecule is CCOC(=O)[C@@H]1CSC(c2ccccc2OC(F)(F)F)N1. The summed E-state index contributed by atoms with van der Waals surface area (Å²) in [6, 6.07) is 5.35. The van der Waals surface area contributed by atoms with Gasteiger partial charge in [0.1, 0.15) is 11.8 Å². The molecule has 0 spiro atoms.